The summed E-state index contributed by atoms with van der Waals surface area (Å²) in [6.45, 7) is 3.93. The lowest BCUT2D eigenvalue weighted by atomic mass is 10.1. The summed E-state index contributed by atoms with van der Waals surface area (Å²) in [7, 11) is 0. The van der Waals surface area contributed by atoms with Crippen molar-refractivity contribution in [3.05, 3.63) is 57.6 Å². The predicted octanol–water partition coefficient (Wildman–Crippen LogP) is 3.59. The second-order valence-electron chi connectivity index (χ2n) is 4.35. The summed E-state index contributed by atoms with van der Waals surface area (Å²) in [5, 5.41) is 10.6. The van der Waals surface area contributed by atoms with Crippen LogP contribution in [-0.4, -0.2) is 4.92 Å². The molecule has 0 aromatic heterocycles. The van der Waals surface area contributed by atoms with Gasteiger partial charge in [-0.05, 0) is 31.5 Å². The SMILES string of the molecule is Cc1ccc(Oc2ccc([N+](=O)[O-])cc2N)c(C)c1. The minimum Gasteiger partial charge on any atom is -0.455 e. The molecule has 5 nitrogen and oxygen atoms in total. The van der Waals surface area contributed by atoms with E-state index in [4.69, 9.17) is 10.5 Å². The first-order valence-corrected chi connectivity index (χ1v) is 5.76. The fourth-order valence-corrected chi connectivity index (χ4v) is 1.77. The van der Waals surface area contributed by atoms with Crippen LogP contribution in [0.1, 0.15) is 11.1 Å². The molecule has 0 heterocycles. The van der Waals surface area contributed by atoms with Gasteiger partial charge in [-0.2, -0.15) is 0 Å². The molecule has 2 rings (SSSR count). The van der Waals surface area contributed by atoms with Crippen molar-refractivity contribution in [2.45, 2.75) is 13.8 Å². The van der Waals surface area contributed by atoms with Gasteiger partial charge in [0, 0.05) is 12.1 Å². The van der Waals surface area contributed by atoms with Crippen LogP contribution >= 0.6 is 0 Å². The number of ether oxygens (including phenoxy) is 1. The Hall–Kier alpha value is -2.56. The van der Waals surface area contributed by atoms with E-state index >= 15 is 0 Å². The van der Waals surface area contributed by atoms with Crippen molar-refractivity contribution in [2.24, 2.45) is 0 Å². The second-order valence-corrected chi connectivity index (χ2v) is 4.35. The first-order valence-electron chi connectivity index (χ1n) is 5.76. The molecule has 19 heavy (non-hydrogen) atoms. The Balaban J connectivity index is 2.31. The topological polar surface area (TPSA) is 78.4 Å². The third-order valence-electron chi connectivity index (χ3n) is 2.75. The standard InChI is InChI=1S/C14H14N2O3/c1-9-3-5-13(10(2)7-9)19-14-6-4-11(16(17)18)8-12(14)15/h3-8H,15H2,1-2H3. The van der Waals surface area contributed by atoms with Crippen LogP contribution in [0.3, 0.4) is 0 Å². The number of hydrogen-bond donors (Lipinski definition) is 1. The predicted molar refractivity (Wildman–Crippen MR) is 73.5 cm³/mol. The number of aryl methyl sites for hydroxylation is 2. The summed E-state index contributed by atoms with van der Waals surface area (Å²) in [5.74, 6) is 1.10. The van der Waals surface area contributed by atoms with E-state index in [1.165, 1.54) is 18.2 Å². The molecule has 2 aromatic carbocycles. The number of nitrogens with zero attached hydrogens (tertiary/aromatic N) is 1. The van der Waals surface area contributed by atoms with Crippen molar-refractivity contribution in [3.8, 4) is 11.5 Å². The molecule has 5 heteroatoms. The smallest absolute Gasteiger partial charge is 0.271 e. The maximum absolute atomic E-state index is 10.6. The lowest BCUT2D eigenvalue weighted by Crippen LogP contribution is -1.96. The lowest BCUT2D eigenvalue weighted by Gasteiger charge is -2.11. The van der Waals surface area contributed by atoms with Gasteiger partial charge in [0.05, 0.1) is 10.6 Å². The van der Waals surface area contributed by atoms with Crippen LogP contribution in [0, 0.1) is 24.0 Å². The first-order chi connectivity index (χ1) is 8.97. The number of nitro benzene ring substituents is 1. The Morgan fingerprint density at radius 3 is 2.37 bits per heavy atom. The first kappa shape index (κ1) is 12.9. The molecule has 0 fully saturated rings. The van der Waals surface area contributed by atoms with E-state index in [1.807, 2.05) is 32.0 Å². The molecule has 0 unspecified atom stereocenters. The van der Waals surface area contributed by atoms with E-state index in [1.54, 1.807) is 0 Å². The molecule has 0 radical (unpaired) electrons. The zero-order valence-corrected chi connectivity index (χ0v) is 10.7. The fraction of sp³-hybridized carbons (Fsp3) is 0.143. The highest BCUT2D eigenvalue weighted by atomic mass is 16.6. The second kappa shape index (κ2) is 4.97. The van der Waals surface area contributed by atoms with Gasteiger partial charge in [-0.3, -0.25) is 10.1 Å². The Morgan fingerprint density at radius 1 is 1.11 bits per heavy atom. The Kier molecular flexibility index (Phi) is 3.37. The highest BCUT2D eigenvalue weighted by Crippen LogP contribution is 2.32. The van der Waals surface area contributed by atoms with Gasteiger partial charge < -0.3 is 10.5 Å². The van der Waals surface area contributed by atoms with Gasteiger partial charge in [0.1, 0.15) is 5.75 Å². The molecular formula is C14H14N2O3. The summed E-state index contributed by atoms with van der Waals surface area (Å²) < 4.78 is 5.68. The molecule has 0 saturated carbocycles. The Labute approximate surface area is 110 Å². The zero-order chi connectivity index (χ0) is 14.0. The monoisotopic (exact) mass is 258 g/mol. The minimum atomic E-state index is -0.489. The molecule has 0 aliphatic carbocycles. The van der Waals surface area contributed by atoms with Crippen molar-refractivity contribution in [1.82, 2.24) is 0 Å². The van der Waals surface area contributed by atoms with Crippen LogP contribution in [0.4, 0.5) is 11.4 Å². The molecule has 0 bridgehead atoms. The van der Waals surface area contributed by atoms with E-state index in [9.17, 15) is 10.1 Å². The van der Waals surface area contributed by atoms with Crippen LogP contribution in [0.5, 0.6) is 11.5 Å². The average molecular weight is 258 g/mol. The molecule has 0 saturated heterocycles. The van der Waals surface area contributed by atoms with Gasteiger partial charge in [0.15, 0.2) is 5.75 Å². The van der Waals surface area contributed by atoms with Crippen LogP contribution in [0.2, 0.25) is 0 Å². The third-order valence-corrected chi connectivity index (χ3v) is 2.75. The molecular weight excluding hydrogens is 244 g/mol. The molecule has 2 aromatic rings. The Morgan fingerprint density at radius 2 is 1.79 bits per heavy atom. The van der Waals surface area contributed by atoms with Crippen LogP contribution < -0.4 is 10.5 Å². The maximum Gasteiger partial charge on any atom is 0.271 e. The van der Waals surface area contributed by atoms with Gasteiger partial charge >= 0.3 is 0 Å². The van der Waals surface area contributed by atoms with Gasteiger partial charge in [0.25, 0.3) is 5.69 Å². The largest absolute Gasteiger partial charge is 0.455 e. The molecule has 0 spiro atoms. The summed E-state index contributed by atoms with van der Waals surface area (Å²) in [6.07, 6.45) is 0. The summed E-state index contributed by atoms with van der Waals surface area (Å²) in [6, 6.07) is 9.95. The molecule has 0 amide bonds. The van der Waals surface area contributed by atoms with E-state index in [0.717, 1.165) is 11.1 Å². The highest BCUT2D eigenvalue weighted by molar-refractivity contribution is 5.59. The Bertz CT molecular complexity index is 639. The highest BCUT2D eigenvalue weighted by Gasteiger charge is 2.11. The van der Waals surface area contributed by atoms with Crippen LogP contribution in [0.15, 0.2) is 36.4 Å². The van der Waals surface area contributed by atoms with E-state index < -0.39 is 4.92 Å². The number of benzene rings is 2. The van der Waals surface area contributed by atoms with E-state index in [-0.39, 0.29) is 11.4 Å². The van der Waals surface area contributed by atoms with E-state index in [2.05, 4.69) is 0 Å². The normalized spacial score (nSPS) is 10.2. The van der Waals surface area contributed by atoms with E-state index in [0.29, 0.717) is 11.5 Å². The van der Waals surface area contributed by atoms with Crippen molar-refractivity contribution in [3.63, 3.8) is 0 Å². The van der Waals surface area contributed by atoms with Gasteiger partial charge in [0.2, 0.25) is 0 Å². The zero-order valence-electron chi connectivity index (χ0n) is 10.7. The van der Waals surface area contributed by atoms with Gasteiger partial charge in [-0.1, -0.05) is 17.7 Å². The van der Waals surface area contributed by atoms with Gasteiger partial charge in [-0.25, -0.2) is 0 Å². The van der Waals surface area contributed by atoms with Crippen LogP contribution in [0.25, 0.3) is 0 Å². The summed E-state index contributed by atoms with van der Waals surface area (Å²) >= 11 is 0. The maximum atomic E-state index is 10.6. The number of nitrogen functional groups attached to an aromatic ring is 1. The molecule has 0 aliphatic heterocycles. The third kappa shape index (κ3) is 2.82. The number of rotatable bonds is 3. The van der Waals surface area contributed by atoms with Crippen molar-refractivity contribution < 1.29 is 9.66 Å². The molecule has 0 aliphatic rings. The molecule has 2 N–H and O–H groups in total. The number of nitrogens with two attached hydrogens (primary N) is 1. The van der Waals surface area contributed by atoms with Crippen molar-refractivity contribution in [2.75, 3.05) is 5.73 Å². The number of anilines is 1. The molecule has 98 valence electrons. The van der Waals surface area contributed by atoms with Crippen molar-refractivity contribution in [1.29, 1.82) is 0 Å². The summed E-state index contributed by atoms with van der Waals surface area (Å²) in [4.78, 5) is 10.1. The number of non-ortho nitro benzene ring substituents is 1. The van der Waals surface area contributed by atoms with Gasteiger partial charge in [-0.15, -0.1) is 0 Å². The summed E-state index contributed by atoms with van der Waals surface area (Å²) in [5.41, 5.74) is 8.08. The van der Waals surface area contributed by atoms with Crippen molar-refractivity contribution >= 4 is 11.4 Å². The fourth-order valence-electron chi connectivity index (χ4n) is 1.77. The minimum absolute atomic E-state index is 0.0505. The quantitative estimate of drug-likeness (QED) is 0.518. The number of nitro groups is 1. The van der Waals surface area contributed by atoms with Crippen LogP contribution in [-0.2, 0) is 0 Å². The molecule has 0 atom stereocenters. The number of hydrogen-bond acceptors (Lipinski definition) is 4. The average Bonchev–Trinajstić information content (AvgIpc) is 2.34. The lowest BCUT2D eigenvalue weighted by molar-refractivity contribution is -0.384.